The number of benzene rings is 1. The summed E-state index contributed by atoms with van der Waals surface area (Å²) in [6.07, 6.45) is 2.83. The van der Waals surface area contributed by atoms with Crippen molar-refractivity contribution in [3.8, 4) is 11.5 Å². The van der Waals surface area contributed by atoms with E-state index in [1.807, 2.05) is 6.07 Å². The average Bonchev–Trinajstić information content (AvgIpc) is 2.59. The molecule has 0 spiro atoms. The van der Waals surface area contributed by atoms with E-state index in [0.717, 1.165) is 43.5 Å². The predicted octanol–water partition coefficient (Wildman–Crippen LogP) is 2.68. The van der Waals surface area contributed by atoms with Crippen LogP contribution in [0, 0.1) is 5.92 Å². The molecule has 0 aromatic heterocycles. The van der Waals surface area contributed by atoms with Gasteiger partial charge >= 0.3 is 0 Å². The molecule has 0 saturated carbocycles. The van der Waals surface area contributed by atoms with Crippen molar-refractivity contribution < 1.29 is 19.7 Å². The highest BCUT2D eigenvalue weighted by Gasteiger charge is 2.52. The fourth-order valence-corrected chi connectivity index (χ4v) is 4.67. The van der Waals surface area contributed by atoms with Gasteiger partial charge in [0.1, 0.15) is 0 Å². The molecule has 1 aromatic rings. The fraction of sp³-hybridized carbons (Fsp3) is 0.700. The van der Waals surface area contributed by atoms with Crippen LogP contribution in [0.25, 0.3) is 0 Å². The topological polar surface area (TPSA) is 62.2 Å². The Kier molecular flexibility index (Phi) is 5.56. The van der Waals surface area contributed by atoms with Crippen LogP contribution in [-0.2, 0) is 21.3 Å². The fourth-order valence-electron chi connectivity index (χ4n) is 4.67. The summed E-state index contributed by atoms with van der Waals surface area (Å²) >= 11 is 0. The van der Waals surface area contributed by atoms with Gasteiger partial charge in [0.2, 0.25) is 0 Å². The molecule has 5 heteroatoms. The van der Waals surface area contributed by atoms with Gasteiger partial charge < -0.3 is 24.6 Å². The van der Waals surface area contributed by atoms with Crippen molar-refractivity contribution >= 4 is 0 Å². The number of ether oxygens (including phenoxy) is 2. The zero-order valence-corrected chi connectivity index (χ0v) is 15.6. The Morgan fingerprint density at radius 1 is 1.20 bits per heavy atom. The predicted molar refractivity (Wildman–Crippen MR) is 97.3 cm³/mol. The molecule has 140 valence electrons. The molecular weight excluding hydrogens is 318 g/mol. The summed E-state index contributed by atoms with van der Waals surface area (Å²) in [4.78, 5) is 2.42. The molecule has 2 N–H and O–H groups in total. The standard InChI is InChI=1S/C20H31NO4/c1-4-9-24-10-11-25-13-20-7-8-21(3)16(14(20)2)12-15-5-6-17(22)19(23)18(15)20/h5-6,14,16,22-23H,4,7-13H2,1-3H3/t14?,16-,20+/m1/s1. The van der Waals surface area contributed by atoms with Crippen LogP contribution in [0.4, 0.5) is 0 Å². The molecule has 1 heterocycles. The molecule has 2 aliphatic rings. The monoisotopic (exact) mass is 349 g/mol. The number of likely N-dealkylation sites (N-methyl/N-ethyl adjacent to an activating group) is 1. The van der Waals surface area contributed by atoms with Gasteiger partial charge in [0.25, 0.3) is 0 Å². The first-order valence-corrected chi connectivity index (χ1v) is 9.41. The minimum absolute atomic E-state index is 0.0333. The van der Waals surface area contributed by atoms with Gasteiger partial charge in [-0.15, -0.1) is 0 Å². The van der Waals surface area contributed by atoms with Crippen LogP contribution in [-0.4, -0.2) is 61.2 Å². The van der Waals surface area contributed by atoms with Crippen molar-refractivity contribution in [1.29, 1.82) is 0 Å². The van der Waals surface area contributed by atoms with Gasteiger partial charge in [-0.2, -0.15) is 0 Å². The molecule has 25 heavy (non-hydrogen) atoms. The number of aromatic hydroxyl groups is 2. The normalized spacial score (nSPS) is 28.8. The summed E-state index contributed by atoms with van der Waals surface area (Å²) in [5, 5.41) is 20.7. The third-order valence-corrected chi connectivity index (χ3v) is 6.18. The van der Waals surface area contributed by atoms with Crippen LogP contribution >= 0.6 is 0 Å². The lowest BCUT2D eigenvalue weighted by Crippen LogP contribution is -2.59. The largest absolute Gasteiger partial charge is 0.504 e. The maximum absolute atomic E-state index is 10.6. The number of nitrogens with zero attached hydrogens (tertiary/aromatic N) is 1. The number of piperidine rings is 1. The van der Waals surface area contributed by atoms with Crippen LogP contribution in [0.1, 0.15) is 37.8 Å². The first-order chi connectivity index (χ1) is 12.0. The Labute approximate surface area is 150 Å². The third kappa shape index (κ3) is 3.25. The maximum atomic E-state index is 10.6. The lowest BCUT2D eigenvalue weighted by Gasteiger charge is -2.55. The summed E-state index contributed by atoms with van der Waals surface area (Å²) in [6.45, 7) is 7.79. The lowest BCUT2D eigenvalue weighted by molar-refractivity contribution is -0.0342. The first-order valence-electron chi connectivity index (χ1n) is 9.41. The highest BCUT2D eigenvalue weighted by Crippen LogP contribution is 2.53. The van der Waals surface area contributed by atoms with Gasteiger partial charge in [0.05, 0.1) is 19.8 Å². The molecule has 0 amide bonds. The Morgan fingerprint density at radius 3 is 2.72 bits per heavy atom. The maximum Gasteiger partial charge on any atom is 0.161 e. The molecule has 5 nitrogen and oxygen atoms in total. The zero-order chi connectivity index (χ0) is 18.0. The number of phenolic OH excluding ortho intramolecular Hbond substituents is 2. The highest BCUT2D eigenvalue weighted by molar-refractivity contribution is 5.55. The van der Waals surface area contributed by atoms with E-state index >= 15 is 0 Å². The second-order valence-electron chi connectivity index (χ2n) is 7.58. The summed E-state index contributed by atoms with van der Waals surface area (Å²) in [5.74, 6) is 0.357. The van der Waals surface area contributed by atoms with Gasteiger partial charge in [-0.25, -0.2) is 0 Å². The Morgan fingerprint density at radius 2 is 1.96 bits per heavy atom. The van der Waals surface area contributed by atoms with Crippen LogP contribution < -0.4 is 0 Å². The third-order valence-electron chi connectivity index (χ3n) is 6.18. The van der Waals surface area contributed by atoms with Gasteiger partial charge in [0, 0.05) is 23.6 Å². The smallest absolute Gasteiger partial charge is 0.161 e. The summed E-state index contributed by atoms with van der Waals surface area (Å²) < 4.78 is 11.5. The van der Waals surface area contributed by atoms with E-state index in [2.05, 4.69) is 25.8 Å². The molecule has 1 aliphatic heterocycles. The van der Waals surface area contributed by atoms with Crippen molar-refractivity contribution in [3.63, 3.8) is 0 Å². The van der Waals surface area contributed by atoms with Crippen LogP contribution in [0.2, 0.25) is 0 Å². The summed E-state index contributed by atoms with van der Waals surface area (Å²) in [6, 6.07) is 4.00. The van der Waals surface area contributed by atoms with Crippen LogP contribution in [0.5, 0.6) is 11.5 Å². The molecule has 1 fully saturated rings. The minimum atomic E-state index is -0.252. The average molecular weight is 349 g/mol. The zero-order valence-electron chi connectivity index (χ0n) is 15.6. The number of hydrogen-bond donors (Lipinski definition) is 2. The molecule has 1 unspecified atom stereocenters. The van der Waals surface area contributed by atoms with E-state index in [1.54, 1.807) is 6.07 Å². The number of fused-ring (bicyclic) bond motifs is 4. The van der Waals surface area contributed by atoms with Gasteiger partial charge in [0.15, 0.2) is 11.5 Å². The molecule has 1 saturated heterocycles. The lowest BCUT2D eigenvalue weighted by atomic mass is 9.58. The molecule has 3 rings (SSSR count). The van der Waals surface area contributed by atoms with Crippen molar-refractivity contribution in [1.82, 2.24) is 4.90 Å². The SMILES string of the molecule is CCCOCCOC[C@]12CCN(C)[C@H](Cc3ccc(O)c(O)c31)C2C. The van der Waals surface area contributed by atoms with Gasteiger partial charge in [-0.3, -0.25) is 0 Å². The number of phenols is 2. The van der Waals surface area contributed by atoms with Crippen molar-refractivity contribution in [3.05, 3.63) is 23.3 Å². The van der Waals surface area contributed by atoms with E-state index in [4.69, 9.17) is 9.47 Å². The van der Waals surface area contributed by atoms with E-state index in [0.29, 0.717) is 31.8 Å². The Hall–Kier alpha value is -1.30. The second kappa shape index (κ2) is 7.52. The number of rotatable bonds is 7. The molecule has 1 aliphatic carbocycles. The Balaban J connectivity index is 1.86. The quantitative estimate of drug-likeness (QED) is 0.585. The van der Waals surface area contributed by atoms with E-state index in [-0.39, 0.29) is 16.9 Å². The van der Waals surface area contributed by atoms with Crippen molar-refractivity contribution in [2.45, 2.75) is 44.6 Å². The Bertz CT molecular complexity index is 606. The molecule has 1 aromatic carbocycles. The highest BCUT2D eigenvalue weighted by atomic mass is 16.5. The van der Waals surface area contributed by atoms with Crippen molar-refractivity contribution in [2.24, 2.45) is 5.92 Å². The van der Waals surface area contributed by atoms with Crippen molar-refractivity contribution in [2.75, 3.05) is 40.0 Å². The van der Waals surface area contributed by atoms with Crippen LogP contribution in [0.15, 0.2) is 12.1 Å². The summed E-state index contributed by atoms with van der Waals surface area (Å²) in [5.41, 5.74) is 1.79. The first kappa shape index (κ1) is 18.5. The molecule has 0 radical (unpaired) electrons. The molecule has 3 atom stereocenters. The number of likely N-dealkylation sites (tertiary alicyclic amines) is 1. The van der Waals surface area contributed by atoms with E-state index in [9.17, 15) is 10.2 Å². The van der Waals surface area contributed by atoms with Gasteiger partial charge in [-0.1, -0.05) is 19.9 Å². The van der Waals surface area contributed by atoms with E-state index in [1.165, 1.54) is 0 Å². The van der Waals surface area contributed by atoms with Gasteiger partial charge in [-0.05, 0) is 50.4 Å². The van der Waals surface area contributed by atoms with E-state index < -0.39 is 0 Å². The molecular formula is C20H31NO4. The minimum Gasteiger partial charge on any atom is -0.504 e. The summed E-state index contributed by atoms with van der Waals surface area (Å²) in [7, 11) is 2.18. The number of hydrogen-bond acceptors (Lipinski definition) is 5. The van der Waals surface area contributed by atoms with Crippen LogP contribution in [0.3, 0.4) is 0 Å². The second-order valence-corrected chi connectivity index (χ2v) is 7.58. The molecule has 2 bridgehead atoms.